The fourth-order valence-electron chi connectivity index (χ4n) is 3.04. The van der Waals surface area contributed by atoms with E-state index >= 15 is 0 Å². The second-order valence-electron chi connectivity index (χ2n) is 9.57. The molecule has 0 aliphatic rings. The van der Waals surface area contributed by atoms with Crippen LogP contribution < -0.4 is 15.1 Å². The minimum atomic E-state index is -0.737. The van der Waals surface area contributed by atoms with Crippen molar-refractivity contribution < 1.29 is 19.1 Å². The summed E-state index contributed by atoms with van der Waals surface area (Å²) in [5, 5.41) is 2.61. The molecule has 0 saturated heterocycles. The lowest BCUT2D eigenvalue weighted by atomic mass is 10.1. The molecule has 32 heavy (non-hydrogen) atoms. The van der Waals surface area contributed by atoms with Crippen LogP contribution in [0.4, 0.5) is 21.0 Å². The van der Waals surface area contributed by atoms with E-state index in [2.05, 4.69) is 35.1 Å². The maximum absolute atomic E-state index is 13.3. The number of hydrogen-bond donors (Lipinski definition) is 1. The van der Waals surface area contributed by atoms with Crippen LogP contribution in [-0.4, -0.2) is 49.5 Å². The zero-order valence-electron chi connectivity index (χ0n) is 21.5. The molecule has 0 aliphatic carbocycles. The average molecular weight is 449 g/mol. The highest BCUT2D eigenvalue weighted by atomic mass is 16.6. The summed E-state index contributed by atoms with van der Waals surface area (Å²) in [6, 6.07) is 4.00. The molecule has 8 nitrogen and oxygen atoms in total. The Kier molecular flexibility index (Phi) is 9.12. The lowest BCUT2D eigenvalue weighted by Gasteiger charge is -2.31. The number of amides is 2. The molecule has 180 valence electrons. The van der Waals surface area contributed by atoms with Gasteiger partial charge in [0.05, 0.1) is 5.69 Å². The molecule has 2 amide bonds. The molecule has 1 rings (SSSR count). The van der Waals surface area contributed by atoms with Crippen LogP contribution in [0.15, 0.2) is 17.1 Å². The number of aryl methyl sites for hydroxylation is 1. The van der Waals surface area contributed by atoms with Gasteiger partial charge in [0.2, 0.25) is 5.96 Å². The van der Waals surface area contributed by atoms with E-state index in [1.165, 1.54) is 11.9 Å². The maximum atomic E-state index is 13.3. The molecule has 0 bridgehead atoms. The fraction of sp³-hybridized carbons (Fsp3) is 0.625. The largest absolute Gasteiger partial charge is 0.444 e. The number of aliphatic imine (C=N–C) groups is 1. The van der Waals surface area contributed by atoms with Gasteiger partial charge in [0.1, 0.15) is 11.2 Å². The highest BCUT2D eigenvalue weighted by Gasteiger charge is 2.31. The van der Waals surface area contributed by atoms with Crippen LogP contribution in [0.3, 0.4) is 0 Å². The maximum Gasteiger partial charge on any atom is 0.421 e. The predicted octanol–water partition coefficient (Wildman–Crippen LogP) is 5.40. The van der Waals surface area contributed by atoms with Crippen molar-refractivity contribution in [1.29, 1.82) is 0 Å². The van der Waals surface area contributed by atoms with Crippen molar-refractivity contribution in [1.82, 2.24) is 5.32 Å². The molecule has 0 atom stereocenters. The average Bonchev–Trinajstić information content (AvgIpc) is 2.62. The Morgan fingerprint density at radius 3 is 1.94 bits per heavy atom. The summed E-state index contributed by atoms with van der Waals surface area (Å²) in [5.74, 6) is 0.0210. The number of rotatable bonds is 4. The van der Waals surface area contributed by atoms with E-state index in [1.807, 2.05) is 19.9 Å². The standard InChI is InChI=1S/C24H40N4O4/c1-12-27(13-2)18-14-16(3)17(4)19(15-18)28(22(30)32-24(8,9)10)20(25-11)26-21(29)31-23(5,6)7/h14-15H,12-13H2,1-11H3,(H,25,26,29). The molecule has 0 aromatic heterocycles. The van der Waals surface area contributed by atoms with E-state index in [4.69, 9.17) is 9.47 Å². The number of guanidine groups is 1. The Hall–Kier alpha value is -2.77. The van der Waals surface area contributed by atoms with Crippen LogP contribution in [0.5, 0.6) is 0 Å². The number of anilines is 2. The molecule has 0 saturated carbocycles. The summed E-state index contributed by atoms with van der Waals surface area (Å²) in [7, 11) is 1.50. The first-order chi connectivity index (χ1) is 14.6. The first kappa shape index (κ1) is 27.3. The number of nitrogens with zero attached hydrogens (tertiary/aromatic N) is 3. The van der Waals surface area contributed by atoms with E-state index in [-0.39, 0.29) is 5.96 Å². The molecule has 0 unspecified atom stereocenters. The third-order valence-corrected chi connectivity index (χ3v) is 4.61. The van der Waals surface area contributed by atoms with Gasteiger partial charge in [-0.3, -0.25) is 10.3 Å². The van der Waals surface area contributed by atoms with Crippen molar-refractivity contribution in [3.05, 3.63) is 23.3 Å². The van der Waals surface area contributed by atoms with Gasteiger partial charge in [0.15, 0.2) is 0 Å². The third-order valence-electron chi connectivity index (χ3n) is 4.61. The zero-order valence-corrected chi connectivity index (χ0v) is 21.5. The lowest BCUT2D eigenvalue weighted by molar-refractivity contribution is 0.0559. The van der Waals surface area contributed by atoms with Crippen LogP contribution in [0, 0.1) is 13.8 Å². The Morgan fingerprint density at radius 1 is 0.969 bits per heavy atom. The normalized spacial score (nSPS) is 12.3. The van der Waals surface area contributed by atoms with Gasteiger partial charge >= 0.3 is 12.2 Å². The van der Waals surface area contributed by atoms with Crippen LogP contribution in [-0.2, 0) is 9.47 Å². The summed E-state index contributed by atoms with van der Waals surface area (Å²) < 4.78 is 11.0. The molecule has 0 heterocycles. The van der Waals surface area contributed by atoms with E-state index in [1.54, 1.807) is 41.5 Å². The van der Waals surface area contributed by atoms with Crippen molar-refractivity contribution in [2.75, 3.05) is 29.9 Å². The molecule has 0 radical (unpaired) electrons. The smallest absolute Gasteiger partial charge is 0.421 e. The quantitative estimate of drug-likeness (QED) is 0.492. The molecule has 8 heteroatoms. The minimum absolute atomic E-state index is 0.0210. The molecule has 0 spiro atoms. The zero-order chi connectivity index (χ0) is 24.9. The highest BCUT2D eigenvalue weighted by molar-refractivity contribution is 6.17. The second kappa shape index (κ2) is 10.7. The summed E-state index contributed by atoms with van der Waals surface area (Å²) >= 11 is 0. The number of alkyl carbamates (subject to hydrolysis) is 1. The first-order valence-corrected chi connectivity index (χ1v) is 11.0. The van der Waals surface area contributed by atoms with Crippen molar-refractivity contribution >= 4 is 29.5 Å². The Bertz CT molecular complexity index is 847. The first-order valence-electron chi connectivity index (χ1n) is 11.0. The molecular weight excluding hydrogens is 408 g/mol. The molecule has 1 aromatic rings. The molecule has 0 fully saturated rings. The molecule has 0 aliphatic heterocycles. The fourth-order valence-corrected chi connectivity index (χ4v) is 3.04. The topological polar surface area (TPSA) is 83.5 Å². The number of benzene rings is 1. The summed E-state index contributed by atoms with van der Waals surface area (Å²) in [6.45, 7) is 20.4. The van der Waals surface area contributed by atoms with Crippen molar-refractivity contribution in [3.63, 3.8) is 0 Å². The van der Waals surface area contributed by atoms with Crippen LogP contribution in [0.2, 0.25) is 0 Å². The molecule has 1 N–H and O–H groups in total. The lowest BCUT2D eigenvalue weighted by Crippen LogP contribution is -2.50. The third kappa shape index (κ3) is 7.73. The predicted molar refractivity (Wildman–Crippen MR) is 131 cm³/mol. The van der Waals surface area contributed by atoms with Crippen LogP contribution >= 0.6 is 0 Å². The minimum Gasteiger partial charge on any atom is -0.444 e. The van der Waals surface area contributed by atoms with Gasteiger partial charge in [-0.25, -0.2) is 14.5 Å². The second-order valence-corrected chi connectivity index (χ2v) is 9.57. The number of nitrogens with one attached hydrogen (secondary N) is 1. The van der Waals surface area contributed by atoms with Crippen LogP contribution in [0.1, 0.15) is 66.5 Å². The van der Waals surface area contributed by atoms with Gasteiger partial charge in [-0.05, 0) is 92.5 Å². The van der Waals surface area contributed by atoms with Gasteiger partial charge in [-0.2, -0.15) is 0 Å². The van der Waals surface area contributed by atoms with E-state index in [0.29, 0.717) is 5.69 Å². The van der Waals surface area contributed by atoms with Crippen molar-refractivity contribution in [2.24, 2.45) is 4.99 Å². The number of hydrogen-bond acceptors (Lipinski definition) is 6. The molecule has 1 aromatic carbocycles. The summed E-state index contributed by atoms with van der Waals surface area (Å²) in [5.41, 5.74) is 1.99. The number of carbonyl (C=O) groups excluding carboxylic acids is 2. The Balaban J connectivity index is 3.60. The van der Waals surface area contributed by atoms with Crippen molar-refractivity contribution in [3.8, 4) is 0 Å². The summed E-state index contributed by atoms with van der Waals surface area (Å²) in [6.07, 6.45) is -1.35. The highest BCUT2D eigenvalue weighted by Crippen LogP contribution is 2.31. The summed E-state index contributed by atoms with van der Waals surface area (Å²) in [4.78, 5) is 33.5. The van der Waals surface area contributed by atoms with E-state index < -0.39 is 23.4 Å². The van der Waals surface area contributed by atoms with Gasteiger partial charge in [-0.1, -0.05) is 0 Å². The molecular formula is C24H40N4O4. The SMILES string of the molecule is CCN(CC)c1cc(C)c(C)c(N(C(=O)OC(C)(C)C)C(=NC)NC(=O)OC(C)(C)C)c1. The van der Waals surface area contributed by atoms with Gasteiger partial charge in [0.25, 0.3) is 0 Å². The van der Waals surface area contributed by atoms with Gasteiger partial charge < -0.3 is 14.4 Å². The van der Waals surface area contributed by atoms with Crippen LogP contribution in [0.25, 0.3) is 0 Å². The monoisotopic (exact) mass is 448 g/mol. The van der Waals surface area contributed by atoms with Gasteiger partial charge in [-0.15, -0.1) is 0 Å². The van der Waals surface area contributed by atoms with Gasteiger partial charge in [0, 0.05) is 25.8 Å². The van der Waals surface area contributed by atoms with Crippen molar-refractivity contribution in [2.45, 2.75) is 80.4 Å². The van der Waals surface area contributed by atoms with E-state index in [9.17, 15) is 9.59 Å². The Labute approximate surface area is 193 Å². The number of ether oxygens (including phenoxy) is 2. The number of carbonyl (C=O) groups is 2. The van der Waals surface area contributed by atoms with E-state index in [0.717, 1.165) is 29.9 Å². The Morgan fingerprint density at radius 2 is 1.50 bits per heavy atom.